The highest BCUT2D eigenvalue weighted by Gasteiger charge is 2.34. The predicted molar refractivity (Wildman–Crippen MR) is 103 cm³/mol. The van der Waals surface area contributed by atoms with E-state index in [1.807, 2.05) is 24.3 Å². The topological polar surface area (TPSA) is 66.8 Å². The summed E-state index contributed by atoms with van der Waals surface area (Å²) in [5, 5.41) is 4.11. The molecule has 4 aromatic rings. The Bertz CT molecular complexity index is 1160. The lowest BCUT2D eigenvalue weighted by atomic mass is 9.97. The molecule has 3 heterocycles. The van der Waals surface area contributed by atoms with E-state index in [1.165, 1.54) is 12.1 Å². The van der Waals surface area contributed by atoms with Gasteiger partial charge < -0.3 is 9.88 Å². The normalized spacial score (nSPS) is 14.4. The van der Waals surface area contributed by atoms with Crippen molar-refractivity contribution in [2.75, 3.05) is 13.1 Å². The molecule has 0 radical (unpaired) electrons. The molecule has 6 nitrogen and oxygen atoms in total. The summed E-state index contributed by atoms with van der Waals surface area (Å²) in [7, 11) is 1.80. The van der Waals surface area contributed by atoms with Crippen LogP contribution in [0.5, 0.6) is 0 Å². The van der Waals surface area contributed by atoms with Crippen LogP contribution in [0.3, 0.4) is 0 Å². The summed E-state index contributed by atoms with van der Waals surface area (Å²) in [4.78, 5) is 22.5. The Morgan fingerprint density at radius 3 is 2.75 bits per heavy atom. The summed E-state index contributed by atoms with van der Waals surface area (Å²) in [6, 6.07) is 12.3. The molecule has 1 amide bonds. The number of H-pyrrole nitrogens is 1. The summed E-state index contributed by atoms with van der Waals surface area (Å²) in [5.41, 5.74) is 3.69. The number of halogens is 1. The third-order valence-corrected chi connectivity index (χ3v) is 5.15. The zero-order valence-corrected chi connectivity index (χ0v) is 15.3. The lowest BCUT2D eigenvalue weighted by molar-refractivity contribution is 0.0595. The van der Waals surface area contributed by atoms with Crippen molar-refractivity contribution in [3.05, 3.63) is 72.1 Å². The molecule has 1 fully saturated rings. The van der Waals surface area contributed by atoms with Gasteiger partial charge in [-0.05, 0) is 35.9 Å². The Morgan fingerprint density at radius 2 is 2.00 bits per heavy atom. The van der Waals surface area contributed by atoms with E-state index in [0.29, 0.717) is 24.2 Å². The first-order valence-electron chi connectivity index (χ1n) is 9.10. The lowest BCUT2D eigenvalue weighted by Crippen LogP contribution is -2.48. The van der Waals surface area contributed by atoms with E-state index in [4.69, 9.17) is 0 Å². The summed E-state index contributed by atoms with van der Waals surface area (Å²) in [6.07, 6.45) is 3.45. The van der Waals surface area contributed by atoms with Crippen molar-refractivity contribution in [3.63, 3.8) is 0 Å². The monoisotopic (exact) mass is 375 g/mol. The van der Waals surface area contributed by atoms with Gasteiger partial charge in [0.15, 0.2) is 0 Å². The van der Waals surface area contributed by atoms with Crippen molar-refractivity contribution < 1.29 is 9.18 Å². The number of para-hydroxylation sites is 2. The number of fused-ring (bicyclic) bond motifs is 1. The third kappa shape index (κ3) is 2.85. The molecule has 0 spiro atoms. The number of carbonyl (C=O) groups excluding carboxylic acids is 1. The first-order chi connectivity index (χ1) is 13.6. The molecule has 0 bridgehead atoms. The minimum Gasteiger partial charge on any atom is -0.342 e. The number of nitrogens with one attached hydrogen (secondary N) is 1. The van der Waals surface area contributed by atoms with Crippen LogP contribution in [0, 0.1) is 5.82 Å². The van der Waals surface area contributed by atoms with Gasteiger partial charge in [-0.2, -0.15) is 5.10 Å². The van der Waals surface area contributed by atoms with E-state index in [9.17, 15) is 9.18 Å². The number of aromatic nitrogens is 4. The number of aromatic amines is 1. The largest absolute Gasteiger partial charge is 0.342 e. The minimum absolute atomic E-state index is 0.169. The van der Waals surface area contributed by atoms with E-state index in [0.717, 1.165) is 22.4 Å². The highest BCUT2D eigenvalue weighted by molar-refractivity contribution is 5.96. The quantitative estimate of drug-likeness (QED) is 0.597. The number of carbonyl (C=O) groups is 1. The Kier molecular flexibility index (Phi) is 3.75. The number of nitrogens with zero attached hydrogens (tertiary/aromatic N) is 4. The van der Waals surface area contributed by atoms with Crippen LogP contribution in [-0.2, 0) is 7.05 Å². The average molecular weight is 375 g/mol. The highest BCUT2D eigenvalue weighted by atomic mass is 19.1. The lowest BCUT2D eigenvalue weighted by Gasteiger charge is -2.38. The number of hydrogen-bond donors (Lipinski definition) is 1. The van der Waals surface area contributed by atoms with Gasteiger partial charge in [0.25, 0.3) is 5.91 Å². The molecule has 0 atom stereocenters. The van der Waals surface area contributed by atoms with Crippen LogP contribution in [0.4, 0.5) is 4.39 Å². The molecule has 28 heavy (non-hydrogen) atoms. The number of imidazole rings is 1. The summed E-state index contributed by atoms with van der Waals surface area (Å²) in [6.45, 7) is 1.13. The van der Waals surface area contributed by atoms with Crippen LogP contribution in [0.25, 0.3) is 22.2 Å². The van der Waals surface area contributed by atoms with E-state index in [2.05, 4.69) is 15.1 Å². The second kappa shape index (κ2) is 6.30. The number of amides is 1. The summed E-state index contributed by atoms with van der Waals surface area (Å²) >= 11 is 0. The molecule has 140 valence electrons. The summed E-state index contributed by atoms with van der Waals surface area (Å²) < 4.78 is 15.8. The number of likely N-dealkylation sites (tertiary alicyclic amines) is 1. The van der Waals surface area contributed by atoms with Gasteiger partial charge in [-0.25, -0.2) is 9.37 Å². The number of hydrogen-bond acceptors (Lipinski definition) is 3. The number of rotatable bonds is 3. The zero-order valence-electron chi connectivity index (χ0n) is 15.3. The average Bonchev–Trinajstić information content (AvgIpc) is 3.25. The molecule has 1 aliphatic heterocycles. The van der Waals surface area contributed by atoms with Crippen molar-refractivity contribution >= 4 is 16.9 Å². The second-order valence-corrected chi connectivity index (χ2v) is 7.18. The van der Waals surface area contributed by atoms with Crippen LogP contribution in [0.15, 0.2) is 54.9 Å². The van der Waals surface area contributed by atoms with Gasteiger partial charge in [0.2, 0.25) is 0 Å². The highest BCUT2D eigenvalue weighted by Crippen LogP contribution is 2.29. The third-order valence-electron chi connectivity index (χ3n) is 5.15. The van der Waals surface area contributed by atoms with Crippen LogP contribution in [0.1, 0.15) is 22.1 Å². The van der Waals surface area contributed by atoms with E-state index < -0.39 is 5.82 Å². The Morgan fingerprint density at radius 1 is 1.18 bits per heavy atom. The van der Waals surface area contributed by atoms with Gasteiger partial charge in [0.1, 0.15) is 11.6 Å². The molecule has 0 saturated carbocycles. The van der Waals surface area contributed by atoms with Gasteiger partial charge in [0.05, 0.1) is 23.1 Å². The maximum Gasteiger partial charge on any atom is 0.254 e. The van der Waals surface area contributed by atoms with Crippen LogP contribution >= 0.6 is 0 Å². The fourth-order valence-corrected chi connectivity index (χ4v) is 3.62. The van der Waals surface area contributed by atoms with Crippen LogP contribution in [-0.4, -0.2) is 43.6 Å². The molecule has 2 aromatic carbocycles. The van der Waals surface area contributed by atoms with Crippen LogP contribution < -0.4 is 0 Å². The standard InChI is InChI=1S/C21H18FN5O/c1-26-10-15(9-23-26)13-6-14(8-17(22)7-13)21(28)27-11-16(12-27)20-24-18-4-2-3-5-19(18)25-20/h2-10,16H,11-12H2,1H3,(H,24,25). The maximum atomic E-state index is 14.1. The Labute approximate surface area is 160 Å². The van der Waals surface area contributed by atoms with Gasteiger partial charge in [-0.1, -0.05) is 12.1 Å². The SMILES string of the molecule is Cn1cc(-c2cc(F)cc(C(=O)N3CC(c4nc5ccccc5[nH]4)C3)c2)cn1. The van der Waals surface area contributed by atoms with Crippen molar-refractivity contribution in [1.29, 1.82) is 0 Å². The van der Waals surface area contributed by atoms with E-state index in [-0.39, 0.29) is 11.8 Å². The maximum absolute atomic E-state index is 14.1. The molecule has 5 rings (SSSR count). The van der Waals surface area contributed by atoms with Crippen molar-refractivity contribution in [2.24, 2.45) is 7.05 Å². The van der Waals surface area contributed by atoms with Gasteiger partial charge in [-0.3, -0.25) is 9.48 Å². The molecule has 1 saturated heterocycles. The summed E-state index contributed by atoms with van der Waals surface area (Å²) in [5.74, 6) is 0.458. The molecular formula is C21H18FN5O. The molecular weight excluding hydrogens is 357 g/mol. The number of benzene rings is 2. The van der Waals surface area contributed by atoms with E-state index in [1.54, 1.807) is 35.1 Å². The number of aryl methyl sites for hydroxylation is 1. The smallest absolute Gasteiger partial charge is 0.254 e. The fraction of sp³-hybridized carbons (Fsp3) is 0.190. The first kappa shape index (κ1) is 16.7. The molecule has 1 aliphatic rings. The van der Waals surface area contributed by atoms with Crippen molar-refractivity contribution in [1.82, 2.24) is 24.6 Å². The fourth-order valence-electron chi connectivity index (χ4n) is 3.62. The molecule has 2 aromatic heterocycles. The van der Waals surface area contributed by atoms with Crippen molar-refractivity contribution in [3.8, 4) is 11.1 Å². The van der Waals surface area contributed by atoms with Gasteiger partial charge >= 0.3 is 0 Å². The van der Waals surface area contributed by atoms with Crippen molar-refractivity contribution in [2.45, 2.75) is 5.92 Å². The molecule has 1 N–H and O–H groups in total. The van der Waals surface area contributed by atoms with Crippen LogP contribution in [0.2, 0.25) is 0 Å². The Hall–Kier alpha value is -3.48. The second-order valence-electron chi connectivity index (χ2n) is 7.18. The molecule has 0 aliphatic carbocycles. The minimum atomic E-state index is -0.431. The first-order valence-corrected chi connectivity index (χ1v) is 9.10. The van der Waals surface area contributed by atoms with Gasteiger partial charge in [-0.15, -0.1) is 0 Å². The Balaban J connectivity index is 1.34. The van der Waals surface area contributed by atoms with E-state index >= 15 is 0 Å². The zero-order chi connectivity index (χ0) is 19.3. The molecule has 7 heteroatoms. The predicted octanol–water partition coefficient (Wildman–Crippen LogP) is 3.34. The van der Waals surface area contributed by atoms with Gasteiger partial charge in [0, 0.05) is 37.5 Å². The molecule has 0 unspecified atom stereocenters.